The summed E-state index contributed by atoms with van der Waals surface area (Å²) in [5, 5.41) is 6.29. The molecule has 17 heavy (non-hydrogen) atoms. The van der Waals surface area contributed by atoms with Gasteiger partial charge in [-0.15, -0.1) is 0 Å². The number of rotatable bonds is 3. The fraction of sp³-hybridized carbons (Fsp3) is 0.100. The van der Waals surface area contributed by atoms with Crippen LogP contribution < -0.4 is 17.0 Å². The maximum Gasteiger partial charge on any atom is 0.159 e. The molecule has 1 atom stereocenters. The third kappa shape index (κ3) is 2.10. The largest absolute Gasteiger partial charge is 0.384 e. The molecule has 5 nitrogen and oxygen atoms in total. The molecule has 1 aromatic carbocycles. The lowest BCUT2D eigenvalue weighted by Crippen LogP contribution is -2.29. The number of nitrogens with one attached hydrogen (secondary N) is 2. The van der Waals surface area contributed by atoms with Crippen LogP contribution in [0, 0.1) is 11.6 Å². The van der Waals surface area contributed by atoms with Crippen molar-refractivity contribution < 1.29 is 8.78 Å². The van der Waals surface area contributed by atoms with Gasteiger partial charge in [0, 0.05) is 5.56 Å². The molecular formula is C10H11F2N5. The molecule has 0 saturated carbocycles. The van der Waals surface area contributed by atoms with Crippen LogP contribution in [0.2, 0.25) is 0 Å². The summed E-state index contributed by atoms with van der Waals surface area (Å²) in [6, 6.07) is 2.97. The SMILES string of the molecule is NNC(c1ccc(F)c(F)c1)c1cn[nH]c1N. The first kappa shape index (κ1) is 11.5. The van der Waals surface area contributed by atoms with E-state index in [1.165, 1.54) is 12.3 Å². The molecule has 90 valence electrons. The van der Waals surface area contributed by atoms with E-state index in [0.29, 0.717) is 16.9 Å². The highest BCUT2D eigenvalue weighted by molar-refractivity contribution is 5.44. The van der Waals surface area contributed by atoms with Crippen molar-refractivity contribution in [3.63, 3.8) is 0 Å². The summed E-state index contributed by atoms with van der Waals surface area (Å²) in [4.78, 5) is 0. The Hall–Kier alpha value is -1.99. The zero-order valence-corrected chi connectivity index (χ0v) is 8.74. The van der Waals surface area contributed by atoms with Gasteiger partial charge in [-0.25, -0.2) is 14.2 Å². The van der Waals surface area contributed by atoms with E-state index in [-0.39, 0.29) is 0 Å². The molecular weight excluding hydrogens is 228 g/mol. The van der Waals surface area contributed by atoms with E-state index in [1.54, 1.807) is 0 Å². The quantitative estimate of drug-likeness (QED) is 0.471. The topological polar surface area (TPSA) is 92.7 Å². The zero-order chi connectivity index (χ0) is 12.4. The average Bonchev–Trinajstić information content (AvgIpc) is 2.71. The summed E-state index contributed by atoms with van der Waals surface area (Å²) in [6.45, 7) is 0. The van der Waals surface area contributed by atoms with Gasteiger partial charge in [0.15, 0.2) is 11.6 Å². The lowest BCUT2D eigenvalue weighted by Gasteiger charge is -2.15. The average molecular weight is 239 g/mol. The summed E-state index contributed by atoms with van der Waals surface area (Å²) in [5.74, 6) is 3.85. The van der Waals surface area contributed by atoms with Crippen LogP contribution in [0.25, 0.3) is 0 Å². The molecule has 0 aliphatic rings. The van der Waals surface area contributed by atoms with Crippen LogP contribution in [0.3, 0.4) is 0 Å². The van der Waals surface area contributed by atoms with Crippen molar-refractivity contribution in [2.24, 2.45) is 5.84 Å². The molecule has 0 aliphatic heterocycles. The van der Waals surface area contributed by atoms with E-state index in [2.05, 4.69) is 15.6 Å². The van der Waals surface area contributed by atoms with E-state index >= 15 is 0 Å². The van der Waals surface area contributed by atoms with E-state index in [0.717, 1.165) is 12.1 Å². The summed E-state index contributed by atoms with van der Waals surface area (Å²) in [6.07, 6.45) is 1.47. The van der Waals surface area contributed by atoms with Gasteiger partial charge in [-0.05, 0) is 17.7 Å². The van der Waals surface area contributed by atoms with Gasteiger partial charge in [0.1, 0.15) is 5.82 Å². The Labute approximate surface area is 95.8 Å². The van der Waals surface area contributed by atoms with Crippen molar-refractivity contribution in [3.8, 4) is 0 Å². The number of hydrazine groups is 1. The smallest absolute Gasteiger partial charge is 0.159 e. The molecule has 0 aliphatic carbocycles. The number of nitrogens with zero attached hydrogens (tertiary/aromatic N) is 1. The molecule has 6 N–H and O–H groups in total. The number of nitrogen functional groups attached to an aromatic ring is 1. The van der Waals surface area contributed by atoms with Crippen LogP contribution in [0.15, 0.2) is 24.4 Å². The lowest BCUT2D eigenvalue weighted by molar-refractivity contribution is 0.504. The Morgan fingerprint density at radius 3 is 2.59 bits per heavy atom. The van der Waals surface area contributed by atoms with Gasteiger partial charge in [0.2, 0.25) is 0 Å². The predicted octanol–water partition coefficient (Wildman–Crippen LogP) is 0.823. The summed E-state index contributed by atoms with van der Waals surface area (Å²) >= 11 is 0. The molecule has 2 aromatic rings. The van der Waals surface area contributed by atoms with Gasteiger partial charge in [-0.1, -0.05) is 6.07 Å². The van der Waals surface area contributed by atoms with Crippen LogP contribution in [-0.2, 0) is 0 Å². The van der Waals surface area contributed by atoms with E-state index in [9.17, 15) is 8.78 Å². The molecule has 7 heteroatoms. The van der Waals surface area contributed by atoms with Gasteiger partial charge in [0.05, 0.1) is 12.2 Å². The highest BCUT2D eigenvalue weighted by Gasteiger charge is 2.18. The molecule has 1 unspecified atom stereocenters. The first-order valence-corrected chi connectivity index (χ1v) is 4.83. The standard InChI is InChI=1S/C10H11F2N5/c11-7-2-1-5(3-8(7)12)9(16-14)6-4-15-17-10(6)13/h1-4,9,16H,14H2,(H3,13,15,17). The van der Waals surface area contributed by atoms with Crippen LogP contribution in [0.4, 0.5) is 14.6 Å². The van der Waals surface area contributed by atoms with Crippen molar-refractivity contribution >= 4 is 5.82 Å². The number of halogens is 2. The van der Waals surface area contributed by atoms with E-state index < -0.39 is 17.7 Å². The highest BCUT2D eigenvalue weighted by Crippen LogP contribution is 2.25. The Morgan fingerprint density at radius 1 is 1.29 bits per heavy atom. The van der Waals surface area contributed by atoms with Crippen molar-refractivity contribution in [2.45, 2.75) is 6.04 Å². The van der Waals surface area contributed by atoms with Crippen LogP contribution in [0.1, 0.15) is 17.2 Å². The molecule has 0 spiro atoms. The van der Waals surface area contributed by atoms with E-state index in [1.807, 2.05) is 0 Å². The second kappa shape index (κ2) is 4.48. The van der Waals surface area contributed by atoms with Crippen molar-refractivity contribution in [1.82, 2.24) is 15.6 Å². The van der Waals surface area contributed by atoms with Gasteiger partial charge in [0.25, 0.3) is 0 Å². The third-order valence-electron chi connectivity index (χ3n) is 2.45. The Kier molecular flexibility index (Phi) is 3.03. The van der Waals surface area contributed by atoms with Crippen LogP contribution in [-0.4, -0.2) is 10.2 Å². The summed E-state index contributed by atoms with van der Waals surface area (Å²) in [7, 11) is 0. The molecule has 2 rings (SSSR count). The van der Waals surface area contributed by atoms with Gasteiger partial charge in [-0.3, -0.25) is 10.9 Å². The maximum atomic E-state index is 13.1. The fourth-order valence-electron chi connectivity index (χ4n) is 1.59. The number of nitrogens with two attached hydrogens (primary N) is 2. The Bertz CT molecular complexity index is 525. The second-order valence-electron chi connectivity index (χ2n) is 3.51. The normalized spacial score (nSPS) is 12.6. The minimum atomic E-state index is -0.940. The first-order chi connectivity index (χ1) is 8.13. The molecule has 0 amide bonds. The number of hydrogen-bond donors (Lipinski definition) is 4. The van der Waals surface area contributed by atoms with Crippen LogP contribution in [0.5, 0.6) is 0 Å². The van der Waals surface area contributed by atoms with Crippen molar-refractivity contribution in [2.75, 3.05) is 5.73 Å². The minimum absolute atomic E-state index is 0.317. The molecule has 1 aromatic heterocycles. The summed E-state index contributed by atoms with van der Waals surface area (Å²) < 4.78 is 25.9. The monoisotopic (exact) mass is 239 g/mol. The van der Waals surface area contributed by atoms with Crippen molar-refractivity contribution in [3.05, 3.63) is 47.2 Å². The molecule has 1 heterocycles. The van der Waals surface area contributed by atoms with Crippen molar-refractivity contribution in [1.29, 1.82) is 0 Å². The second-order valence-corrected chi connectivity index (χ2v) is 3.51. The Balaban J connectivity index is 2.42. The number of H-pyrrole nitrogens is 1. The number of anilines is 1. The predicted molar refractivity (Wildman–Crippen MR) is 58.5 cm³/mol. The van der Waals surface area contributed by atoms with Gasteiger partial charge >= 0.3 is 0 Å². The first-order valence-electron chi connectivity index (χ1n) is 4.83. The zero-order valence-electron chi connectivity index (χ0n) is 8.74. The molecule has 0 saturated heterocycles. The molecule has 0 fully saturated rings. The number of hydrogen-bond acceptors (Lipinski definition) is 4. The molecule has 0 bridgehead atoms. The van der Waals surface area contributed by atoms with Crippen LogP contribution >= 0.6 is 0 Å². The highest BCUT2D eigenvalue weighted by atomic mass is 19.2. The lowest BCUT2D eigenvalue weighted by atomic mass is 10.0. The minimum Gasteiger partial charge on any atom is -0.384 e. The summed E-state index contributed by atoms with van der Waals surface area (Å²) in [5.41, 5.74) is 9.15. The third-order valence-corrected chi connectivity index (χ3v) is 2.45. The Morgan fingerprint density at radius 2 is 2.06 bits per heavy atom. The van der Waals surface area contributed by atoms with E-state index in [4.69, 9.17) is 11.6 Å². The van der Waals surface area contributed by atoms with Gasteiger partial charge < -0.3 is 5.73 Å². The number of benzene rings is 1. The number of aromatic nitrogens is 2. The van der Waals surface area contributed by atoms with Gasteiger partial charge in [-0.2, -0.15) is 5.10 Å². The number of aromatic amines is 1. The maximum absolute atomic E-state index is 13.1. The molecule has 0 radical (unpaired) electrons. The fourth-order valence-corrected chi connectivity index (χ4v) is 1.59.